The summed E-state index contributed by atoms with van der Waals surface area (Å²) in [5, 5.41) is 25.7. The van der Waals surface area contributed by atoms with Crippen molar-refractivity contribution in [1.82, 2.24) is 15.1 Å². The number of nitrogens with one attached hydrogen (secondary N) is 1. The predicted molar refractivity (Wildman–Crippen MR) is 129 cm³/mol. The number of rotatable bonds is 8. The number of carbonyl (C=O) groups excluding carboxylic acids is 2. The number of hydrogen-bond acceptors (Lipinski definition) is 7. The van der Waals surface area contributed by atoms with Crippen molar-refractivity contribution in [1.29, 1.82) is 0 Å². The lowest BCUT2D eigenvalue weighted by Crippen LogP contribution is -2.28. The van der Waals surface area contributed by atoms with Gasteiger partial charge in [0.05, 0.1) is 17.7 Å². The number of benzene rings is 2. The van der Waals surface area contributed by atoms with Gasteiger partial charge in [-0.3, -0.25) is 9.59 Å². The Kier molecular flexibility index (Phi) is 7.04. The van der Waals surface area contributed by atoms with Crippen LogP contribution >= 0.6 is 11.3 Å². The van der Waals surface area contributed by atoms with E-state index in [1.54, 1.807) is 11.9 Å². The smallest absolute Gasteiger partial charge is 0.258 e. The first-order chi connectivity index (χ1) is 16.4. The van der Waals surface area contributed by atoms with E-state index in [4.69, 9.17) is 4.74 Å². The molecule has 2 heterocycles. The molecule has 9 heteroatoms. The number of nitrogens with zero attached hydrogens (tertiary/aromatic N) is 2. The van der Waals surface area contributed by atoms with Crippen molar-refractivity contribution in [3.05, 3.63) is 75.0 Å². The summed E-state index contributed by atoms with van der Waals surface area (Å²) in [6, 6.07) is 11.9. The fourth-order valence-corrected chi connectivity index (χ4v) is 4.64. The first-order valence-corrected chi connectivity index (χ1v) is 11.8. The quantitative estimate of drug-likeness (QED) is 0.427. The Morgan fingerprint density at radius 2 is 1.85 bits per heavy atom. The molecule has 1 aromatic heterocycles. The van der Waals surface area contributed by atoms with E-state index in [1.807, 2.05) is 42.8 Å². The summed E-state index contributed by atoms with van der Waals surface area (Å²) in [5.41, 5.74) is 1.92. The number of phenols is 2. The highest BCUT2D eigenvalue weighted by atomic mass is 32.1. The third kappa shape index (κ3) is 5.00. The number of thiophene rings is 1. The van der Waals surface area contributed by atoms with Crippen LogP contribution in [0.4, 0.5) is 0 Å². The average molecular weight is 482 g/mol. The third-order valence-corrected chi connectivity index (χ3v) is 6.56. The topological polar surface area (TPSA) is 102 Å². The second kappa shape index (κ2) is 10.1. The van der Waals surface area contributed by atoms with Crippen LogP contribution in [-0.4, -0.2) is 59.1 Å². The molecule has 0 fully saturated rings. The zero-order valence-corrected chi connectivity index (χ0v) is 19.9. The highest BCUT2D eigenvalue weighted by Gasteiger charge is 2.28. The summed E-state index contributed by atoms with van der Waals surface area (Å²) in [6.45, 7) is 2.38. The Morgan fingerprint density at radius 1 is 1.09 bits per heavy atom. The van der Waals surface area contributed by atoms with Crippen molar-refractivity contribution in [2.45, 2.75) is 19.6 Å². The van der Waals surface area contributed by atoms with E-state index in [-0.39, 0.29) is 22.6 Å². The summed E-state index contributed by atoms with van der Waals surface area (Å²) in [4.78, 5) is 30.3. The van der Waals surface area contributed by atoms with Crippen LogP contribution in [0.25, 0.3) is 0 Å². The zero-order chi connectivity index (χ0) is 24.2. The van der Waals surface area contributed by atoms with Gasteiger partial charge in [-0.15, -0.1) is 11.3 Å². The molecule has 8 nitrogen and oxygen atoms in total. The Hall–Kier alpha value is -3.56. The van der Waals surface area contributed by atoms with Gasteiger partial charge in [0.2, 0.25) is 0 Å². The van der Waals surface area contributed by atoms with Crippen LogP contribution in [0.1, 0.15) is 36.7 Å². The highest BCUT2D eigenvalue weighted by Crippen LogP contribution is 2.33. The summed E-state index contributed by atoms with van der Waals surface area (Å²) >= 11 is 1.53. The van der Waals surface area contributed by atoms with Gasteiger partial charge in [-0.05, 0) is 47.8 Å². The average Bonchev–Trinajstić information content (AvgIpc) is 3.48. The maximum Gasteiger partial charge on any atom is 0.258 e. The largest absolute Gasteiger partial charge is 0.507 e. The number of likely N-dealkylation sites (N-methyl/N-ethyl adjacent to an activating group) is 1. The third-order valence-electron chi connectivity index (χ3n) is 5.70. The molecule has 0 aliphatic carbocycles. The van der Waals surface area contributed by atoms with E-state index >= 15 is 0 Å². The van der Waals surface area contributed by atoms with Crippen LogP contribution in [0.3, 0.4) is 0 Å². The summed E-state index contributed by atoms with van der Waals surface area (Å²) in [6.07, 6.45) is 0. The monoisotopic (exact) mass is 481 g/mol. The summed E-state index contributed by atoms with van der Waals surface area (Å²) in [7, 11) is 3.48. The van der Waals surface area contributed by atoms with Crippen LogP contribution in [0.5, 0.6) is 17.2 Å². The number of amides is 2. The molecule has 2 amide bonds. The molecular weight excluding hydrogens is 454 g/mol. The van der Waals surface area contributed by atoms with Crippen LogP contribution in [0, 0.1) is 0 Å². The zero-order valence-electron chi connectivity index (χ0n) is 19.1. The molecular formula is C25H27N3O5S. The van der Waals surface area contributed by atoms with Crippen molar-refractivity contribution in [3.8, 4) is 17.2 Å². The Morgan fingerprint density at radius 3 is 2.59 bits per heavy atom. The van der Waals surface area contributed by atoms with Crippen LogP contribution in [0.15, 0.2) is 47.8 Å². The minimum absolute atomic E-state index is 0.0241. The summed E-state index contributed by atoms with van der Waals surface area (Å²) in [5.74, 6) is -0.857. The van der Waals surface area contributed by atoms with Gasteiger partial charge in [0.25, 0.3) is 11.8 Å². The van der Waals surface area contributed by atoms with Crippen LogP contribution in [-0.2, 0) is 19.6 Å². The fourth-order valence-electron chi connectivity index (χ4n) is 3.88. The number of ether oxygens (including phenoxy) is 1. The first kappa shape index (κ1) is 23.6. The Labute approximate surface area is 202 Å². The first-order valence-electron chi connectivity index (χ1n) is 10.9. The van der Waals surface area contributed by atoms with E-state index in [0.717, 1.165) is 34.4 Å². The Balaban J connectivity index is 1.51. The molecule has 34 heavy (non-hydrogen) atoms. The number of aromatic hydroxyl groups is 2. The van der Waals surface area contributed by atoms with Crippen molar-refractivity contribution in [3.63, 3.8) is 0 Å². The molecule has 1 aliphatic heterocycles. The van der Waals surface area contributed by atoms with Crippen LogP contribution in [0.2, 0.25) is 0 Å². The van der Waals surface area contributed by atoms with E-state index < -0.39 is 11.8 Å². The van der Waals surface area contributed by atoms with Crippen molar-refractivity contribution < 1.29 is 24.5 Å². The molecule has 0 atom stereocenters. The fraction of sp³-hybridized carbons (Fsp3) is 0.280. The van der Waals surface area contributed by atoms with Gasteiger partial charge in [-0.25, -0.2) is 0 Å². The van der Waals surface area contributed by atoms with Gasteiger partial charge in [0.15, 0.2) is 0 Å². The molecule has 3 N–H and O–H groups in total. The lowest BCUT2D eigenvalue weighted by molar-refractivity contribution is 0.0748. The Bertz CT molecular complexity index is 1200. The summed E-state index contributed by atoms with van der Waals surface area (Å²) < 4.78 is 5.71. The van der Waals surface area contributed by atoms with E-state index in [1.165, 1.54) is 22.3 Å². The molecule has 1 aliphatic rings. The number of hydrogen-bond donors (Lipinski definition) is 3. The molecule has 178 valence electrons. The predicted octanol–water partition coefficient (Wildman–Crippen LogP) is 3.19. The van der Waals surface area contributed by atoms with Gasteiger partial charge in [0.1, 0.15) is 23.9 Å². The van der Waals surface area contributed by atoms with Gasteiger partial charge < -0.3 is 30.1 Å². The maximum atomic E-state index is 13.3. The molecule has 0 saturated carbocycles. The number of phenolic OH excluding ortho intramolecular Hbond substituents is 2. The normalized spacial score (nSPS) is 12.5. The minimum Gasteiger partial charge on any atom is -0.507 e. The van der Waals surface area contributed by atoms with E-state index in [2.05, 4.69) is 5.32 Å². The number of fused-ring (bicyclic) bond motifs is 1. The molecule has 0 unspecified atom stereocenters. The molecule has 0 spiro atoms. The van der Waals surface area contributed by atoms with Crippen molar-refractivity contribution in [2.75, 3.05) is 27.2 Å². The molecule has 3 aromatic rings. The van der Waals surface area contributed by atoms with Gasteiger partial charge in [-0.1, -0.05) is 12.1 Å². The van der Waals surface area contributed by atoms with Crippen LogP contribution < -0.4 is 10.1 Å². The maximum absolute atomic E-state index is 13.3. The minimum atomic E-state index is -0.437. The molecule has 0 saturated heterocycles. The van der Waals surface area contributed by atoms with E-state index in [9.17, 15) is 19.8 Å². The SMILES string of the molecule is CNCCOc1ccc2c(c1)CN(C(=O)c1cc(C(=O)N(C)Cc3cccs3)c(O)cc1O)C2. The lowest BCUT2D eigenvalue weighted by atomic mass is 10.1. The number of carbonyl (C=O) groups is 2. The van der Waals surface area contributed by atoms with Gasteiger partial charge in [-0.2, -0.15) is 0 Å². The second-order valence-corrected chi connectivity index (χ2v) is 9.20. The second-order valence-electron chi connectivity index (χ2n) is 8.17. The van der Waals surface area contributed by atoms with Gasteiger partial charge in [0, 0.05) is 37.6 Å². The molecule has 4 rings (SSSR count). The lowest BCUT2D eigenvalue weighted by Gasteiger charge is -2.20. The van der Waals surface area contributed by atoms with Crippen molar-refractivity contribution >= 4 is 23.2 Å². The molecule has 0 bridgehead atoms. The highest BCUT2D eigenvalue weighted by molar-refractivity contribution is 7.09. The van der Waals surface area contributed by atoms with Crippen molar-refractivity contribution in [2.24, 2.45) is 0 Å². The molecule has 2 aromatic carbocycles. The standard InChI is InChI=1S/C25H27N3O5S/c1-26-7-8-33-18-6-5-16-13-28(14-17(16)10-18)25(32)21-11-20(22(29)12-23(21)30)24(31)27(2)15-19-4-3-9-34-19/h3-6,9-12,26,29-30H,7-8,13-15H2,1-2H3. The molecule has 0 radical (unpaired) electrons. The van der Waals surface area contributed by atoms with E-state index in [0.29, 0.717) is 26.2 Å². The van der Waals surface area contributed by atoms with Gasteiger partial charge >= 0.3 is 0 Å².